The largest absolute Gasteiger partial charge is 0.289 e. The second kappa shape index (κ2) is 25.2. The Hall–Kier alpha value is -3.78. The zero-order valence-electron chi connectivity index (χ0n) is 34.4. The summed E-state index contributed by atoms with van der Waals surface area (Å²) in [5.74, 6) is -0.0940. The summed E-state index contributed by atoms with van der Waals surface area (Å²) in [5.41, 5.74) is 13.2. The van der Waals surface area contributed by atoms with Crippen LogP contribution in [0.15, 0.2) is 129 Å². The minimum atomic E-state index is -0.0693. The quantitative estimate of drug-likeness (QED) is 0.106. The van der Waals surface area contributed by atoms with Crippen LogP contribution in [-0.2, 0) is 0 Å². The number of ketones is 2. The van der Waals surface area contributed by atoms with E-state index in [1.54, 1.807) is 18.2 Å². The number of rotatable bonds is 23. The molecule has 2 heteroatoms. The molecule has 2 rings (SSSR count). The summed E-state index contributed by atoms with van der Waals surface area (Å²) in [5, 5.41) is 0. The van der Waals surface area contributed by atoms with Crippen LogP contribution in [0.1, 0.15) is 179 Å². The fourth-order valence-corrected chi connectivity index (χ4v) is 6.39. The maximum Gasteiger partial charge on any atom is 0.190 e. The van der Waals surface area contributed by atoms with Crippen LogP contribution in [0.5, 0.6) is 0 Å². The first kappa shape index (κ1) is 44.4. The van der Waals surface area contributed by atoms with Gasteiger partial charge in [-0.05, 0) is 165 Å². The highest BCUT2D eigenvalue weighted by atomic mass is 16.1. The Bertz CT molecular complexity index is 1600. The van der Waals surface area contributed by atoms with Gasteiger partial charge in [0.05, 0.1) is 0 Å². The van der Waals surface area contributed by atoms with Crippen molar-refractivity contribution >= 4 is 11.6 Å². The van der Waals surface area contributed by atoms with Crippen molar-refractivity contribution in [2.24, 2.45) is 0 Å². The number of carbonyl (C=O) groups excluding carboxylic acids is 2. The summed E-state index contributed by atoms with van der Waals surface area (Å²) in [6.07, 6.45) is 36.6. The molecule has 1 aliphatic rings. The molecule has 2 nitrogen and oxygen atoms in total. The third kappa shape index (κ3) is 19.2. The van der Waals surface area contributed by atoms with Gasteiger partial charge in [-0.3, -0.25) is 9.59 Å². The van der Waals surface area contributed by atoms with E-state index in [1.807, 2.05) is 6.07 Å². The van der Waals surface area contributed by atoms with Crippen molar-refractivity contribution in [1.29, 1.82) is 0 Å². The van der Waals surface area contributed by atoms with Gasteiger partial charge in [0.15, 0.2) is 11.6 Å². The summed E-state index contributed by atoms with van der Waals surface area (Å²) in [6, 6.07) is 7.10. The lowest BCUT2D eigenvalue weighted by molar-refractivity contribution is 0.0983. The Morgan fingerprint density at radius 2 is 0.731 bits per heavy atom. The molecule has 1 aliphatic carbocycles. The summed E-state index contributed by atoms with van der Waals surface area (Å²) in [7, 11) is 0. The molecule has 52 heavy (non-hydrogen) atoms. The molecule has 0 N–H and O–H groups in total. The number of allylic oxidation sites excluding steroid dienone is 18. The lowest BCUT2D eigenvalue weighted by Gasteiger charge is -2.14. The number of hydrogen-bond donors (Lipinski definition) is 0. The molecule has 0 saturated heterocycles. The van der Waals surface area contributed by atoms with Crippen LogP contribution in [-0.4, -0.2) is 11.6 Å². The molecule has 0 unspecified atom stereocenters. The van der Waals surface area contributed by atoms with E-state index >= 15 is 0 Å². The van der Waals surface area contributed by atoms with E-state index in [4.69, 9.17) is 0 Å². The maximum atomic E-state index is 12.8. The van der Waals surface area contributed by atoms with Crippen molar-refractivity contribution in [1.82, 2.24) is 0 Å². The lowest BCUT2D eigenvalue weighted by Crippen LogP contribution is -2.16. The average molecular weight is 703 g/mol. The molecule has 0 spiro atoms. The number of carbonyl (C=O) groups is 2. The van der Waals surface area contributed by atoms with Gasteiger partial charge in [0.2, 0.25) is 0 Å². The Balaban J connectivity index is 1.60. The predicted molar refractivity (Wildman–Crippen MR) is 228 cm³/mol. The third-order valence-electron chi connectivity index (χ3n) is 9.98. The fourth-order valence-electron chi connectivity index (χ4n) is 6.39. The van der Waals surface area contributed by atoms with Gasteiger partial charge in [-0.25, -0.2) is 0 Å². The van der Waals surface area contributed by atoms with Gasteiger partial charge in [0.1, 0.15) is 0 Å². The van der Waals surface area contributed by atoms with Crippen LogP contribution in [0.3, 0.4) is 0 Å². The zero-order chi connectivity index (χ0) is 38.3. The van der Waals surface area contributed by atoms with Crippen molar-refractivity contribution in [3.05, 3.63) is 140 Å². The van der Waals surface area contributed by atoms with Crippen LogP contribution in [0.25, 0.3) is 0 Å². The molecule has 0 saturated carbocycles. The van der Waals surface area contributed by atoms with Gasteiger partial charge in [-0.1, -0.05) is 117 Å². The highest BCUT2D eigenvalue weighted by Crippen LogP contribution is 2.24. The molecule has 0 aromatic heterocycles. The van der Waals surface area contributed by atoms with E-state index in [0.29, 0.717) is 23.1 Å². The fraction of sp³-hybridized carbons (Fsp3) is 0.480. The second-order valence-electron chi connectivity index (χ2n) is 15.5. The van der Waals surface area contributed by atoms with Gasteiger partial charge in [0.25, 0.3) is 0 Å². The lowest BCUT2D eigenvalue weighted by atomic mass is 9.88. The van der Waals surface area contributed by atoms with E-state index in [1.165, 1.54) is 63.5 Å². The van der Waals surface area contributed by atoms with Gasteiger partial charge < -0.3 is 0 Å². The van der Waals surface area contributed by atoms with E-state index in [-0.39, 0.29) is 11.6 Å². The highest BCUT2D eigenvalue weighted by molar-refractivity contribution is 6.24. The first-order valence-electron chi connectivity index (χ1n) is 20.0. The molecular weight excluding hydrogens is 633 g/mol. The van der Waals surface area contributed by atoms with Crippen molar-refractivity contribution in [3.8, 4) is 0 Å². The van der Waals surface area contributed by atoms with Crippen molar-refractivity contribution in [3.63, 3.8) is 0 Å². The summed E-state index contributed by atoms with van der Waals surface area (Å²) in [4.78, 5) is 25.2. The third-order valence-corrected chi connectivity index (χ3v) is 9.98. The molecule has 282 valence electrons. The summed E-state index contributed by atoms with van der Waals surface area (Å²) >= 11 is 0. The van der Waals surface area contributed by atoms with Gasteiger partial charge in [-0.15, -0.1) is 0 Å². The minimum Gasteiger partial charge on any atom is -0.289 e. The van der Waals surface area contributed by atoms with E-state index in [9.17, 15) is 9.59 Å². The molecule has 0 aliphatic heterocycles. The van der Waals surface area contributed by atoms with E-state index in [2.05, 4.69) is 111 Å². The molecule has 1 aromatic carbocycles. The maximum absolute atomic E-state index is 12.8. The topological polar surface area (TPSA) is 34.1 Å². The van der Waals surface area contributed by atoms with Gasteiger partial charge in [-0.2, -0.15) is 0 Å². The number of fused-ring (bicyclic) bond motifs is 1. The van der Waals surface area contributed by atoms with Crippen LogP contribution in [0, 0.1) is 0 Å². The normalized spacial score (nSPS) is 15.2. The molecular formula is C50H70O2. The molecule has 0 radical (unpaired) electrons. The summed E-state index contributed by atoms with van der Waals surface area (Å²) < 4.78 is 0. The number of benzene rings is 1. The molecule has 1 aromatic rings. The van der Waals surface area contributed by atoms with Crippen molar-refractivity contribution in [2.45, 2.75) is 159 Å². The average Bonchev–Trinajstić information content (AvgIpc) is 3.09. The van der Waals surface area contributed by atoms with Gasteiger partial charge in [0, 0.05) is 16.7 Å². The van der Waals surface area contributed by atoms with Crippen LogP contribution in [0.4, 0.5) is 0 Å². The van der Waals surface area contributed by atoms with Crippen molar-refractivity contribution in [2.75, 3.05) is 0 Å². The predicted octanol–water partition coefficient (Wildman–Crippen LogP) is 15.4. The molecule has 0 amide bonds. The molecule has 0 atom stereocenters. The Labute approximate surface area is 319 Å². The molecule has 0 fully saturated rings. The first-order valence-corrected chi connectivity index (χ1v) is 20.0. The van der Waals surface area contributed by atoms with E-state index < -0.39 is 0 Å². The minimum absolute atomic E-state index is 0.0247. The Morgan fingerprint density at radius 1 is 0.423 bits per heavy atom. The van der Waals surface area contributed by atoms with Crippen molar-refractivity contribution < 1.29 is 9.59 Å². The number of Topliss-reactive ketones (excluding diaryl/α,β-unsaturated/α-hetero) is 1. The monoisotopic (exact) mass is 703 g/mol. The standard InChI is InChI=1S/C50H70O2/c1-38(2)19-12-20-39(3)21-13-22-40(4)23-14-24-41(5)25-15-26-42(6)27-16-28-43(7)29-17-30-44(8)31-18-32-45(9)35-36-46-37-49(51)47-33-10-11-34-48(47)50(46)52/h10-11,19,21,23,25,27,29,31,33-35,37H,12-18,20,22,24,26,28,30,32,36H2,1-9H3/b39-21+,40-23+,41-25+,42-27+,43-29+,44-31+,45-35+. The van der Waals surface area contributed by atoms with Crippen LogP contribution in [0.2, 0.25) is 0 Å². The zero-order valence-corrected chi connectivity index (χ0v) is 34.4. The smallest absolute Gasteiger partial charge is 0.190 e. The number of hydrogen-bond acceptors (Lipinski definition) is 2. The molecule has 0 heterocycles. The van der Waals surface area contributed by atoms with Gasteiger partial charge >= 0.3 is 0 Å². The SMILES string of the molecule is CC(C)=CCC/C(C)=C/CC/C(C)=C/CC/C(C)=C/CC/C(C)=C/CC/C(C)=C/CC/C(C)=C/CC/C(C)=C/CC1=CC(=O)c2ccccc2C1=O. The Kier molecular flexibility index (Phi) is 21.5. The van der Waals surface area contributed by atoms with Crippen LogP contribution < -0.4 is 0 Å². The second-order valence-corrected chi connectivity index (χ2v) is 15.5. The summed E-state index contributed by atoms with van der Waals surface area (Å²) in [6.45, 7) is 20.1. The van der Waals surface area contributed by atoms with Crippen LogP contribution >= 0.6 is 0 Å². The highest BCUT2D eigenvalue weighted by Gasteiger charge is 2.24. The van der Waals surface area contributed by atoms with E-state index in [0.717, 1.165) is 77.0 Å². The first-order chi connectivity index (χ1) is 24.8. The molecule has 0 bridgehead atoms. The Morgan fingerprint density at radius 3 is 1.08 bits per heavy atom.